The largest absolute Gasteiger partial charge is 0.353 e. The average Bonchev–Trinajstić information content (AvgIpc) is 3.07. The third kappa shape index (κ3) is 7.70. The topological polar surface area (TPSA) is 51.7 Å². The third-order valence-electron chi connectivity index (χ3n) is 8.96. The number of likely N-dealkylation sites (tertiary alicyclic amines) is 1. The van der Waals surface area contributed by atoms with Crippen LogP contribution in [0.15, 0.2) is 102 Å². The molecule has 2 saturated heterocycles. The molecule has 1 aromatic heterocycles. The molecule has 3 heterocycles. The summed E-state index contributed by atoms with van der Waals surface area (Å²) in [7, 11) is 0. The second-order valence-electron chi connectivity index (χ2n) is 11.8. The van der Waals surface area contributed by atoms with Gasteiger partial charge in [-0.25, -0.2) is 4.98 Å². The smallest absolute Gasteiger partial charge is 0.252 e. The number of amides is 1. The Kier molecular flexibility index (Phi) is 10.3. The summed E-state index contributed by atoms with van der Waals surface area (Å²) < 4.78 is 0.858. The Balaban J connectivity index is 0.998. The number of aromatic nitrogens is 1. The lowest BCUT2D eigenvalue weighted by Crippen LogP contribution is -2.53. The molecule has 0 unspecified atom stereocenters. The van der Waals surface area contributed by atoms with Gasteiger partial charge in [0.1, 0.15) is 5.82 Å². The summed E-state index contributed by atoms with van der Waals surface area (Å²) in [5, 5.41) is 3.95. The van der Waals surface area contributed by atoms with E-state index in [1.807, 2.05) is 54.6 Å². The summed E-state index contributed by atoms with van der Waals surface area (Å²) in [5.41, 5.74) is 4.24. The molecule has 0 radical (unpaired) electrons. The predicted octanol–water partition coefficient (Wildman–Crippen LogP) is 6.85. The molecule has 2 aliphatic heterocycles. The van der Waals surface area contributed by atoms with E-state index in [1.54, 1.807) is 6.20 Å². The first-order chi connectivity index (χ1) is 21.5. The van der Waals surface area contributed by atoms with E-state index in [0.717, 1.165) is 61.1 Å². The second kappa shape index (κ2) is 14.7. The highest BCUT2D eigenvalue weighted by molar-refractivity contribution is 9.10. The Morgan fingerprint density at radius 2 is 1.48 bits per heavy atom. The van der Waals surface area contributed by atoms with E-state index >= 15 is 0 Å². The van der Waals surface area contributed by atoms with Gasteiger partial charge in [0.15, 0.2) is 0 Å². The second-order valence-corrected chi connectivity index (χ2v) is 13.1. The molecule has 2 fully saturated rings. The minimum absolute atomic E-state index is 0.0732. The first-order valence-corrected chi connectivity index (χ1v) is 16.7. The number of nitrogens with zero attached hydrogens (tertiary/aromatic N) is 4. The number of carbonyl (C=O) groups is 1. The molecule has 1 N–H and O–H groups in total. The summed E-state index contributed by atoms with van der Waals surface area (Å²) in [6.45, 7) is 7.66. The van der Waals surface area contributed by atoms with Crippen molar-refractivity contribution in [3.05, 3.63) is 129 Å². The molecular weight excluding hydrogens is 634 g/mol. The van der Waals surface area contributed by atoms with Gasteiger partial charge >= 0.3 is 0 Å². The number of piperazine rings is 1. The standard InChI is InChI=1S/C36H39BrClN5O/c37-34-23-30(36(44)40-25-33(28-7-3-1-4-8-28)29-9-5-2-6-10-29)24-39-35(34)43-21-19-42(20-22-43)32-15-17-41(18-16-32)26-27-11-13-31(38)14-12-27/h1-14,23-24,32-33H,15-22,25-26H2,(H,40,44). The van der Waals surface area contributed by atoms with Gasteiger partial charge in [-0.3, -0.25) is 14.6 Å². The van der Waals surface area contributed by atoms with E-state index in [1.165, 1.54) is 29.5 Å². The highest BCUT2D eigenvalue weighted by atomic mass is 79.9. The third-order valence-corrected chi connectivity index (χ3v) is 9.80. The van der Waals surface area contributed by atoms with Crippen LogP contribution in [0.1, 0.15) is 45.8 Å². The van der Waals surface area contributed by atoms with E-state index in [-0.39, 0.29) is 11.8 Å². The molecule has 0 spiro atoms. The lowest BCUT2D eigenvalue weighted by Gasteiger charge is -2.43. The summed E-state index contributed by atoms with van der Waals surface area (Å²) in [4.78, 5) is 25.5. The Labute approximate surface area is 274 Å². The fraction of sp³-hybridized carbons (Fsp3) is 0.333. The maximum absolute atomic E-state index is 13.2. The van der Waals surface area contributed by atoms with Crippen molar-refractivity contribution >= 4 is 39.3 Å². The van der Waals surface area contributed by atoms with Crippen molar-refractivity contribution in [1.82, 2.24) is 20.1 Å². The molecule has 1 amide bonds. The summed E-state index contributed by atoms with van der Waals surface area (Å²) in [5.74, 6) is 0.864. The van der Waals surface area contributed by atoms with Crippen molar-refractivity contribution in [2.45, 2.75) is 31.3 Å². The lowest BCUT2D eigenvalue weighted by atomic mass is 9.91. The van der Waals surface area contributed by atoms with Crippen LogP contribution in [0.5, 0.6) is 0 Å². The highest BCUT2D eigenvalue weighted by Crippen LogP contribution is 2.28. The van der Waals surface area contributed by atoms with Crippen molar-refractivity contribution in [2.24, 2.45) is 0 Å². The lowest BCUT2D eigenvalue weighted by molar-refractivity contribution is 0.0951. The average molecular weight is 673 g/mol. The first kappa shape index (κ1) is 30.8. The van der Waals surface area contributed by atoms with Crippen LogP contribution >= 0.6 is 27.5 Å². The van der Waals surface area contributed by atoms with Crippen molar-refractivity contribution < 1.29 is 4.79 Å². The van der Waals surface area contributed by atoms with Gasteiger partial charge in [-0.15, -0.1) is 0 Å². The highest BCUT2D eigenvalue weighted by Gasteiger charge is 2.28. The minimum atomic E-state index is -0.117. The van der Waals surface area contributed by atoms with Crippen molar-refractivity contribution in [3.63, 3.8) is 0 Å². The van der Waals surface area contributed by atoms with Gasteiger partial charge < -0.3 is 10.2 Å². The molecule has 0 bridgehead atoms. The Morgan fingerprint density at radius 3 is 2.07 bits per heavy atom. The van der Waals surface area contributed by atoms with Crippen molar-refractivity contribution in [3.8, 4) is 0 Å². The van der Waals surface area contributed by atoms with Crippen LogP contribution in [-0.2, 0) is 6.54 Å². The van der Waals surface area contributed by atoms with Crippen LogP contribution in [0.2, 0.25) is 5.02 Å². The number of nitrogens with one attached hydrogen (secondary N) is 1. The van der Waals surface area contributed by atoms with Gasteiger partial charge in [0.2, 0.25) is 0 Å². The number of anilines is 1. The van der Waals surface area contributed by atoms with Gasteiger partial charge in [0.05, 0.1) is 10.0 Å². The number of benzene rings is 3. The van der Waals surface area contributed by atoms with E-state index in [9.17, 15) is 4.79 Å². The van der Waals surface area contributed by atoms with Gasteiger partial charge in [0.25, 0.3) is 5.91 Å². The minimum Gasteiger partial charge on any atom is -0.353 e. The van der Waals surface area contributed by atoms with E-state index in [0.29, 0.717) is 18.2 Å². The molecule has 228 valence electrons. The molecule has 3 aromatic carbocycles. The zero-order valence-electron chi connectivity index (χ0n) is 24.9. The number of carbonyl (C=O) groups excluding carboxylic acids is 1. The van der Waals surface area contributed by atoms with Crippen molar-refractivity contribution in [1.29, 1.82) is 0 Å². The van der Waals surface area contributed by atoms with Gasteiger partial charge in [0, 0.05) is 62.4 Å². The van der Waals surface area contributed by atoms with E-state index in [4.69, 9.17) is 16.6 Å². The van der Waals surface area contributed by atoms with Gasteiger partial charge in [-0.05, 0) is 76.8 Å². The number of pyridine rings is 1. The van der Waals surface area contributed by atoms with E-state index < -0.39 is 0 Å². The number of piperidine rings is 1. The Hall–Kier alpha value is -3.23. The number of halogens is 2. The molecule has 2 aliphatic rings. The predicted molar refractivity (Wildman–Crippen MR) is 183 cm³/mol. The molecule has 0 aliphatic carbocycles. The molecule has 0 atom stereocenters. The van der Waals surface area contributed by atoms with Gasteiger partial charge in [-0.2, -0.15) is 0 Å². The van der Waals surface area contributed by atoms with Gasteiger partial charge in [-0.1, -0.05) is 84.4 Å². The van der Waals surface area contributed by atoms with E-state index in [2.05, 4.69) is 72.3 Å². The maximum Gasteiger partial charge on any atom is 0.252 e. The number of hydrogen-bond acceptors (Lipinski definition) is 5. The monoisotopic (exact) mass is 671 g/mol. The SMILES string of the molecule is O=C(NCC(c1ccccc1)c1ccccc1)c1cnc(N2CCN(C3CCN(Cc4ccc(Cl)cc4)CC3)CC2)c(Br)c1. The normalized spacial score (nSPS) is 16.8. The Bertz CT molecular complexity index is 1470. The van der Waals surface area contributed by atoms with Crippen LogP contribution in [0.3, 0.4) is 0 Å². The molecular formula is C36H39BrClN5O. The molecule has 6 nitrogen and oxygen atoms in total. The summed E-state index contributed by atoms with van der Waals surface area (Å²) in [6.07, 6.45) is 4.11. The van der Waals surface area contributed by atoms with Crippen LogP contribution in [0, 0.1) is 0 Å². The quantitative estimate of drug-likeness (QED) is 0.211. The fourth-order valence-corrected chi connectivity index (χ4v) is 7.20. The van der Waals surface area contributed by atoms with Crippen LogP contribution in [-0.4, -0.2) is 72.5 Å². The number of rotatable bonds is 9. The fourth-order valence-electron chi connectivity index (χ4n) is 6.47. The van der Waals surface area contributed by atoms with Crippen LogP contribution in [0.25, 0.3) is 0 Å². The zero-order chi connectivity index (χ0) is 30.3. The molecule has 0 saturated carbocycles. The maximum atomic E-state index is 13.2. The molecule has 6 rings (SSSR count). The van der Waals surface area contributed by atoms with Crippen LogP contribution in [0.4, 0.5) is 5.82 Å². The summed E-state index contributed by atoms with van der Waals surface area (Å²) in [6, 6.07) is 31.4. The molecule has 8 heteroatoms. The summed E-state index contributed by atoms with van der Waals surface area (Å²) >= 11 is 9.77. The first-order valence-electron chi connectivity index (χ1n) is 15.5. The molecule has 44 heavy (non-hydrogen) atoms. The van der Waals surface area contributed by atoms with Crippen molar-refractivity contribution in [2.75, 3.05) is 50.7 Å². The zero-order valence-corrected chi connectivity index (χ0v) is 27.3. The Morgan fingerprint density at radius 1 is 0.864 bits per heavy atom. The van der Waals surface area contributed by atoms with Crippen LogP contribution < -0.4 is 10.2 Å². The number of hydrogen-bond donors (Lipinski definition) is 1. The molecule has 4 aromatic rings.